The number of hydrogen-bond donors (Lipinski definition) is 2. The van der Waals surface area contributed by atoms with Crippen molar-refractivity contribution in [2.45, 2.75) is 94.6 Å². The third-order valence-electron chi connectivity index (χ3n) is 4.79. The Bertz CT molecular complexity index is 417. The standard InChI is InChI=1S/C16H27FO4/c1-4-6-14(3,17)12(18)21-16-8-5-7-15(20,11-16)9-13(2,19)10-16/h19-20H,4-11H2,1-3H3. The number of hydrogen-bond acceptors (Lipinski definition) is 4. The Morgan fingerprint density at radius 2 is 1.95 bits per heavy atom. The smallest absolute Gasteiger partial charge is 0.344 e. The lowest BCUT2D eigenvalue weighted by Gasteiger charge is -2.54. The molecule has 0 spiro atoms. The highest BCUT2D eigenvalue weighted by molar-refractivity contribution is 5.79. The van der Waals surface area contributed by atoms with Crippen molar-refractivity contribution in [3.05, 3.63) is 0 Å². The number of halogens is 1. The zero-order valence-corrected chi connectivity index (χ0v) is 13.2. The van der Waals surface area contributed by atoms with E-state index in [2.05, 4.69) is 0 Å². The first-order valence-corrected chi connectivity index (χ1v) is 7.89. The molecule has 0 aromatic rings. The van der Waals surface area contributed by atoms with Crippen LogP contribution in [0.1, 0.15) is 72.1 Å². The van der Waals surface area contributed by atoms with E-state index in [-0.39, 0.29) is 19.3 Å². The maximum Gasteiger partial charge on any atom is 0.344 e. The van der Waals surface area contributed by atoms with Crippen LogP contribution >= 0.6 is 0 Å². The van der Waals surface area contributed by atoms with Crippen LogP contribution in [0, 0.1) is 0 Å². The van der Waals surface area contributed by atoms with Crippen molar-refractivity contribution in [1.82, 2.24) is 0 Å². The summed E-state index contributed by atoms with van der Waals surface area (Å²) in [7, 11) is 0. The normalized spacial score (nSPS) is 42.2. The molecule has 21 heavy (non-hydrogen) atoms. The van der Waals surface area contributed by atoms with Crippen molar-refractivity contribution in [2.75, 3.05) is 0 Å². The van der Waals surface area contributed by atoms with Gasteiger partial charge in [0.25, 0.3) is 0 Å². The van der Waals surface area contributed by atoms with Crippen molar-refractivity contribution < 1.29 is 24.1 Å². The zero-order valence-electron chi connectivity index (χ0n) is 13.2. The van der Waals surface area contributed by atoms with Crippen LogP contribution in [0.4, 0.5) is 4.39 Å². The van der Waals surface area contributed by atoms with Crippen LogP contribution in [-0.2, 0) is 9.53 Å². The van der Waals surface area contributed by atoms with Gasteiger partial charge in [0.1, 0.15) is 5.60 Å². The maximum atomic E-state index is 14.3. The molecule has 2 N–H and O–H groups in total. The Balaban J connectivity index is 2.18. The lowest BCUT2D eigenvalue weighted by Crippen LogP contribution is -2.60. The molecule has 122 valence electrons. The van der Waals surface area contributed by atoms with E-state index in [0.29, 0.717) is 25.7 Å². The Morgan fingerprint density at radius 3 is 2.57 bits per heavy atom. The second-order valence-corrected chi connectivity index (χ2v) is 7.63. The number of aliphatic hydroxyl groups is 2. The molecule has 0 aromatic carbocycles. The fourth-order valence-electron chi connectivity index (χ4n) is 4.28. The fourth-order valence-corrected chi connectivity index (χ4v) is 4.28. The van der Waals surface area contributed by atoms with Crippen LogP contribution < -0.4 is 0 Å². The highest BCUT2D eigenvalue weighted by Gasteiger charge is 2.57. The SMILES string of the molecule is CCCC(C)(F)C(=O)OC12CCCC(O)(CC(C)(O)C1)C2. The highest BCUT2D eigenvalue weighted by Crippen LogP contribution is 2.51. The van der Waals surface area contributed by atoms with Gasteiger partial charge in [-0.2, -0.15) is 0 Å². The lowest BCUT2D eigenvalue weighted by molar-refractivity contribution is -0.222. The summed E-state index contributed by atoms with van der Waals surface area (Å²) in [6.07, 6.45) is 3.38. The third-order valence-corrected chi connectivity index (χ3v) is 4.79. The highest BCUT2D eigenvalue weighted by atomic mass is 19.1. The first-order valence-electron chi connectivity index (χ1n) is 7.89. The van der Waals surface area contributed by atoms with E-state index in [1.54, 1.807) is 6.92 Å². The van der Waals surface area contributed by atoms with Crippen molar-refractivity contribution >= 4 is 5.97 Å². The van der Waals surface area contributed by atoms with Gasteiger partial charge in [-0.25, -0.2) is 9.18 Å². The number of rotatable bonds is 4. The van der Waals surface area contributed by atoms with Crippen LogP contribution in [0.3, 0.4) is 0 Å². The third kappa shape index (κ3) is 3.57. The molecule has 0 aromatic heterocycles. The van der Waals surface area contributed by atoms with Crippen molar-refractivity contribution in [2.24, 2.45) is 0 Å². The van der Waals surface area contributed by atoms with E-state index < -0.39 is 28.4 Å². The topological polar surface area (TPSA) is 66.8 Å². The van der Waals surface area contributed by atoms with Gasteiger partial charge in [0, 0.05) is 19.3 Å². The fraction of sp³-hybridized carbons (Fsp3) is 0.938. The molecule has 2 aliphatic carbocycles. The Kier molecular flexibility index (Phi) is 4.13. The molecule has 0 amide bonds. The molecular weight excluding hydrogens is 275 g/mol. The maximum absolute atomic E-state index is 14.3. The van der Waals surface area contributed by atoms with E-state index in [1.165, 1.54) is 6.92 Å². The number of alkyl halides is 1. The summed E-state index contributed by atoms with van der Waals surface area (Å²) in [5.41, 5.74) is -5.06. The number of fused-ring (bicyclic) bond motifs is 2. The molecule has 0 saturated heterocycles. The number of carbonyl (C=O) groups is 1. The molecule has 0 heterocycles. The first kappa shape index (κ1) is 16.7. The van der Waals surface area contributed by atoms with E-state index >= 15 is 0 Å². The van der Waals surface area contributed by atoms with E-state index in [9.17, 15) is 19.4 Å². The molecule has 5 heteroatoms. The van der Waals surface area contributed by atoms with Crippen LogP contribution in [0.25, 0.3) is 0 Å². The average Bonchev–Trinajstić information content (AvgIpc) is 2.24. The minimum absolute atomic E-state index is 0.114. The molecule has 4 nitrogen and oxygen atoms in total. The van der Waals surface area contributed by atoms with E-state index in [4.69, 9.17) is 4.74 Å². The Morgan fingerprint density at radius 1 is 1.29 bits per heavy atom. The lowest BCUT2D eigenvalue weighted by atomic mass is 9.61. The zero-order chi connectivity index (χ0) is 15.9. The molecule has 0 radical (unpaired) electrons. The number of esters is 1. The van der Waals surface area contributed by atoms with Crippen LogP contribution in [0.15, 0.2) is 0 Å². The van der Waals surface area contributed by atoms with Crippen LogP contribution in [-0.4, -0.2) is 38.7 Å². The van der Waals surface area contributed by atoms with Gasteiger partial charge in [-0.05, 0) is 39.5 Å². The average molecular weight is 302 g/mol. The van der Waals surface area contributed by atoms with Crippen molar-refractivity contribution in [1.29, 1.82) is 0 Å². The van der Waals surface area contributed by atoms with E-state index in [0.717, 1.165) is 6.42 Å². The second kappa shape index (κ2) is 5.20. The second-order valence-electron chi connectivity index (χ2n) is 7.63. The summed E-state index contributed by atoms with van der Waals surface area (Å²) in [6, 6.07) is 0. The predicted octanol–water partition coefficient (Wildman–Crippen LogP) is 2.65. The molecule has 4 atom stereocenters. The first-order chi connectivity index (χ1) is 9.52. The quantitative estimate of drug-likeness (QED) is 0.784. The summed E-state index contributed by atoms with van der Waals surface area (Å²) in [4.78, 5) is 12.2. The van der Waals surface area contributed by atoms with Gasteiger partial charge in [0.05, 0.1) is 11.2 Å². The molecule has 2 saturated carbocycles. The number of carbonyl (C=O) groups excluding carboxylic acids is 1. The van der Waals surface area contributed by atoms with Gasteiger partial charge in [-0.1, -0.05) is 13.3 Å². The van der Waals surface area contributed by atoms with E-state index in [1.807, 2.05) is 6.92 Å². The summed E-state index contributed by atoms with van der Waals surface area (Å²) in [5.74, 6) is -0.869. The van der Waals surface area contributed by atoms with Gasteiger partial charge in [0.15, 0.2) is 0 Å². The molecule has 2 aliphatic rings. The largest absolute Gasteiger partial charge is 0.456 e. The Labute approximate surface area is 125 Å². The summed E-state index contributed by atoms with van der Waals surface area (Å²) in [5, 5.41) is 21.0. The van der Waals surface area contributed by atoms with Gasteiger partial charge < -0.3 is 14.9 Å². The van der Waals surface area contributed by atoms with Crippen molar-refractivity contribution in [3.8, 4) is 0 Å². The number of ether oxygens (including phenoxy) is 1. The summed E-state index contributed by atoms with van der Waals surface area (Å²) in [6.45, 7) is 4.70. The predicted molar refractivity (Wildman–Crippen MR) is 76.5 cm³/mol. The van der Waals surface area contributed by atoms with Crippen LogP contribution in [0.5, 0.6) is 0 Å². The Hall–Kier alpha value is -0.680. The minimum Gasteiger partial charge on any atom is -0.456 e. The molecule has 2 fully saturated rings. The van der Waals surface area contributed by atoms with Crippen molar-refractivity contribution in [3.63, 3.8) is 0 Å². The molecule has 2 rings (SSSR count). The van der Waals surface area contributed by atoms with Gasteiger partial charge >= 0.3 is 5.97 Å². The summed E-state index contributed by atoms with van der Waals surface area (Å²) >= 11 is 0. The van der Waals surface area contributed by atoms with Gasteiger partial charge in [-0.3, -0.25) is 0 Å². The minimum atomic E-state index is -2.01. The molecule has 2 bridgehead atoms. The molecule has 0 aliphatic heterocycles. The monoisotopic (exact) mass is 302 g/mol. The molecule has 4 unspecified atom stereocenters. The molecular formula is C16H27FO4. The van der Waals surface area contributed by atoms with Gasteiger partial charge in [-0.15, -0.1) is 0 Å². The van der Waals surface area contributed by atoms with Crippen LogP contribution in [0.2, 0.25) is 0 Å². The summed E-state index contributed by atoms with van der Waals surface area (Å²) < 4.78 is 19.9. The van der Waals surface area contributed by atoms with Gasteiger partial charge in [0.2, 0.25) is 5.67 Å².